The van der Waals surface area contributed by atoms with Gasteiger partial charge in [0, 0.05) is 18.4 Å². The van der Waals surface area contributed by atoms with Crippen LogP contribution in [0.25, 0.3) is 11.3 Å². The van der Waals surface area contributed by atoms with Gasteiger partial charge in [-0.25, -0.2) is 18.6 Å². The molecule has 0 aliphatic carbocycles. The Bertz CT molecular complexity index is 832. The van der Waals surface area contributed by atoms with Crippen LogP contribution in [-0.2, 0) is 21.2 Å². The molecule has 8 nitrogen and oxygen atoms in total. The lowest BCUT2D eigenvalue weighted by Crippen LogP contribution is -2.49. The van der Waals surface area contributed by atoms with Crippen molar-refractivity contribution in [2.75, 3.05) is 6.26 Å². The Morgan fingerprint density at radius 2 is 1.96 bits per heavy atom. The Hall–Kier alpha value is -2.26. The fourth-order valence-corrected chi connectivity index (χ4v) is 3.26. The number of nitrogens with zero attached hydrogens (tertiary/aromatic N) is 3. The number of amides is 1. The van der Waals surface area contributed by atoms with Gasteiger partial charge in [-0.1, -0.05) is 35.5 Å². The van der Waals surface area contributed by atoms with E-state index in [1.165, 1.54) is 12.4 Å². The molecule has 2 rings (SSSR count). The Morgan fingerprint density at radius 1 is 1.33 bits per heavy atom. The van der Waals surface area contributed by atoms with E-state index in [1.54, 1.807) is 4.68 Å². The van der Waals surface area contributed by atoms with E-state index in [2.05, 4.69) is 10.3 Å². The SMILES string of the molecule is Cc1nnn(CC[C@](C)(C(=O)NO)S(C)(=O)=O)c1-c1ccccc1. The zero-order chi connectivity index (χ0) is 18.0. The number of aromatic nitrogens is 3. The predicted octanol–water partition coefficient (Wildman–Crippen LogP) is 0.952. The molecule has 1 aromatic heterocycles. The lowest BCUT2D eigenvalue weighted by atomic mass is 10.1. The maximum absolute atomic E-state index is 12.0. The fourth-order valence-electron chi connectivity index (χ4n) is 2.42. The summed E-state index contributed by atoms with van der Waals surface area (Å²) in [7, 11) is -3.75. The molecular formula is C15H20N4O4S. The Labute approximate surface area is 140 Å². The van der Waals surface area contributed by atoms with Crippen LogP contribution < -0.4 is 5.48 Å². The maximum Gasteiger partial charge on any atom is 0.264 e. The summed E-state index contributed by atoms with van der Waals surface area (Å²) in [6.07, 6.45) is 0.911. The van der Waals surface area contributed by atoms with Crippen molar-refractivity contribution in [2.24, 2.45) is 0 Å². The van der Waals surface area contributed by atoms with Crippen molar-refractivity contribution in [1.82, 2.24) is 20.5 Å². The highest BCUT2D eigenvalue weighted by molar-refractivity contribution is 7.92. The van der Waals surface area contributed by atoms with Gasteiger partial charge in [0.05, 0.1) is 11.4 Å². The molecule has 9 heteroatoms. The molecule has 0 fully saturated rings. The zero-order valence-electron chi connectivity index (χ0n) is 13.7. The number of carbonyl (C=O) groups is 1. The molecule has 0 unspecified atom stereocenters. The molecule has 0 saturated heterocycles. The maximum atomic E-state index is 12.0. The summed E-state index contributed by atoms with van der Waals surface area (Å²) in [6.45, 7) is 3.24. The molecule has 0 radical (unpaired) electrons. The number of benzene rings is 1. The van der Waals surface area contributed by atoms with Crippen molar-refractivity contribution in [3.05, 3.63) is 36.0 Å². The highest BCUT2D eigenvalue weighted by Gasteiger charge is 2.43. The molecule has 1 aromatic carbocycles. The smallest absolute Gasteiger partial charge is 0.264 e. The largest absolute Gasteiger partial charge is 0.289 e. The molecule has 0 aliphatic heterocycles. The number of sulfone groups is 1. The third-order valence-electron chi connectivity index (χ3n) is 4.15. The third-order valence-corrected chi connectivity index (χ3v) is 6.18. The van der Waals surface area contributed by atoms with Gasteiger partial charge in [0.2, 0.25) is 0 Å². The van der Waals surface area contributed by atoms with E-state index in [0.717, 1.165) is 17.5 Å². The highest BCUT2D eigenvalue weighted by atomic mass is 32.2. The van der Waals surface area contributed by atoms with Crippen LogP contribution >= 0.6 is 0 Å². The average molecular weight is 352 g/mol. The molecule has 0 aliphatic rings. The monoisotopic (exact) mass is 352 g/mol. The summed E-state index contributed by atoms with van der Waals surface area (Å²) in [5.74, 6) is -0.969. The molecule has 2 aromatic rings. The number of hydrogen-bond donors (Lipinski definition) is 2. The minimum atomic E-state index is -3.75. The van der Waals surface area contributed by atoms with Crippen molar-refractivity contribution in [3.8, 4) is 11.3 Å². The van der Waals surface area contributed by atoms with Gasteiger partial charge in [0.25, 0.3) is 5.91 Å². The van der Waals surface area contributed by atoms with Crippen molar-refractivity contribution in [1.29, 1.82) is 0 Å². The lowest BCUT2D eigenvalue weighted by molar-refractivity contribution is -0.131. The standard InChI is InChI=1S/C15H20N4O4S/c1-11-13(12-7-5-4-6-8-12)19(18-16-11)10-9-15(2,14(20)17-21)24(3,22)23/h4-8,21H,9-10H2,1-3H3,(H,17,20)/t15-/m1/s1. The predicted molar refractivity (Wildman–Crippen MR) is 88.0 cm³/mol. The first kappa shape index (κ1) is 18.1. The molecule has 130 valence electrons. The van der Waals surface area contributed by atoms with Gasteiger partial charge in [-0.3, -0.25) is 10.0 Å². The molecule has 0 spiro atoms. The third kappa shape index (κ3) is 3.31. The first-order valence-electron chi connectivity index (χ1n) is 7.30. The van der Waals surface area contributed by atoms with Gasteiger partial charge in [-0.05, 0) is 20.3 Å². The van der Waals surface area contributed by atoms with Crippen LogP contribution in [0.1, 0.15) is 19.0 Å². The number of carbonyl (C=O) groups excluding carboxylic acids is 1. The summed E-state index contributed by atoms with van der Waals surface area (Å²) < 4.78 is 23.8. The summed E-state index contributed by atoms with van der Waals surface area (Å²) in [4.78, 5) is 11.9. The van der Waals surface area contributed by atoms with Crippen LogP contribution in [-0.4, -0.2) is 45.5 Å². The Balaban J connectivity index is 2.35. The van der Waals surface area contributed by atoms with E-state index in [0.29, 0.717) is 5.69 Å². The number of aryl methyl sites for hydroxylation is 2. The second kappa shape index (κ2) is 6.70. The average Bonchev–Trinajstić information content (AvgIpc) is 2.92. The number of hydrogen-bond acceptors (Lipinski definition) is 6. The van der Waals surface area contributed by atoms with Crippen molar-refractivity contribution >= 4 is 15.7 Å². The van der Waals surface area contributed by atoms with Crippen LogP contribution in [0.2, 0.25) is 0 Å². The van der Waals surface area contributed by atoms with Gasteiger partial charge >= 0.3 is 0 Å². The Morgan fingerprint density at radius 3 is 2.50 bits per heavy atom. The topological polar surface area (TPSA) is 114 Å². The molecule has 1 heterocycles. The van der Waals surface area contributed by atoms with Crippen molar-refractivity contribution < 1.29 is 18.4 Å². The summed E-state index contributed by atoms with van der Waals surface area (Å²) in [6, 6.07) is 9.45. The minimum absolute atomic E-state index is 0.0547. The first-order valence-corrected chi connectivity index (χ1v) is 9.19. The second-order valence-corrected chi connectivity index (χ2v) is 8.25. The zero-order valence-corrected chi connectivity index (χ0v) is 14.5. The molecule has 1 atom stereocenters. The van der Waals surface area contributed by atoms with Crippen LogP contribution in [0.3, 0.4) is 0 Å². The van der Waals surface area contributed by atoms with Gasteiger partial charge in [-0.15, -0.1) is 5.10 Å². The van der Waals surface area contributed by atoms with Gasteiger partial charge in [0.1, 0.15) is 0 Å². The van der Waals surface area contributed by atoms with Crippen LogP contribution in [0.4, 0.5) is 0 Å². The van der Waals surface area contributed by atoms with E-state index < -0.39 is 20.5 Å². The van der Waals surface area contributed by atoms with E-state index >= 15 is 0 Å². The van der Waals surface area contributed by atoms with Gasteiger partial charge in [-0.2, -0.15) is 0 Å². The summed E-state index contributed by atoms with van der Waals surface area (Å²) in [5.41, 5.74) is 3.80. The van der Waals surface area contributed by atoms with Gasteiger partial charge < -0.3 is 0 Å². The van der Waals surface area contributed by atoms with E-state index in [4.69, 9.17) is 5.21 Å². The molecule has 0 bridgehead atoms. The molecule has 24 heavy (non-hydrogen) atoms. The normalized spacial score (nSPS) is 14.2. The van der Waals surface area contributed by atoms with Crippen LogP contribution in [0, 0.1) is 6.92 Å². The minimum Gasteiger partial charge on any atom is -0.289 e. The second-order valence-electron chi connectivity index (χ2n) is 5.81. The van der Waals surface area contributed by atoms with Crippen molar-refractivity contribution in [2.45, 2.75) is 31.6 Å². The van der Waals surface area contributed by atoms with Crippen LogP contribution in [0.15, 0.2) is 30.3 Å². The van der Waals surface area contributed by atoms with E-state index in [-0.39, 0.29) is 13.0 Å². The highest BCUT2D eigenvalue weighted by Crippen LogP contribution is 2.25. The summed E-state index contributed by atoms with van der Waals surface area (Å²) in [5, 5.41) is 16.9. The van der Waals surface area contributed by atoms with E-state index in [9.17, 15) is 13.2 Å². The van der Waals surface area contributed by atoms with Gasteiger partial charge in [0.15, 0.2) is 14.6 Å². The van der Waals surface area contributed by atoms with Crippen molar-refractivity contribution in [3.63, 3.8) is 0 Å². The quantitative estimate of drug-likeness (QED) is 0.591. The number of rotatable bonds is 6. The number of nitrogens with one attached hydrogen (secondary N) is 1. The molecular weight excluding hydrogens is 332 g/mol. The lowest BCUT2D eigenvalue weighted by Gasteiger charge is -2.25. The van der Waals surface area contributed by atoms with E-state index in [1.807, 2.05) is 37.3 Å². The molecule has 0 saturated carbocycles. The number of hydroxylamine groups is 1. The first-order chi connectivity index (χ1) is 11.2. The Kier molecular flexibility index (Phi) is 5.05. The van der Waals surface area contributed by atoms with Crippen LogP contribution in [0.5, 0.6) is 0 Å². The summed E-state index contributed by atoms with van der Waals surface area (Å²) >= 11 is 0. The molecule has 1 amide bonds. The fraction of sp³-hybridized carbons (Fsp3) is 0.400. The molecule has 2 N–H and O–H groups in total.